The Balaban J connectivity index is 2.22. The number of hydrogen-bond donors (Lipinski definition) is 1. The van der Waals surface area contributed by atoms with Gasteiger partial charge >= 0.3 is 11.9 Å². The van der Waals surface area contributed by atoms with Crippen LogP contribution in [0.4, 0.5) is 0 Å². The van der Waals surface area contributed by atoms with Crippen molar-refractivity contribution in [1.82, 2.24) is 0 Å². The number of ether oxygens (including phenoxy) is 3. The molecule has 2 rings (SSSR count). The number of carbonyl (C=O) groups excluding carboxylic acids is 2. The van der Waals surface area contributed by atoms with E-state index in [1.807, 2.05) is 0 Å². The van der Waals surface area contributed by atoms with Gasteiger partial charge in [0.1, 0.15) is 5.75 Å². The summed E-state index contributed by atoms with van der Waals surface area (Å²) >= 11 is 0. The molecule has 2 aromatic carbocycles. The number of carbonyl (C=O) groups is 2. The molecule has 6 heteroatoms. The van der Waals surface area contributed by atoms with Gasteiger partial charge in [-0.3, -0.25) is 4.79 Å². The van der Waals surface area contributed by atoms with E-state index in [4.69, 9.17) is 9.47 Å². The summed E-state index contributed by atoms with van der Waals surface area (Å²) in [6.07, 6.45) is -0.00114. The molecule has 0 aliphatic carbocycles. The molecule has 0 radical (unpaired) electrons. The van der Waals surface area contributed by atoms with Crippen molar-refractivity contribution in [3.05, 3.63) is 53.6 Å². The van der Waals surface area contributed by atoms with Gasteiger partial charge in [0.25, 0.3) is 0 Å². The molecule has 0 aliphatic rings. The number of para-hydroxylation sites is 1. The Kier molecular flexibility index (Phi) is 5.19. The number of esters is 2. The number of methoxy groups -OCH3 is 2. The van der Waals surface area contributed by atoms with Gasteiger partial charge in [0.15, 0.2) is 11.5 Å². The second-order valence-electron chi connectivity index (χ2n) is 4.64. The molecule has 0 saturated carbocycles. The van der Waals surface area contributed by atoms with E-state index in [9.17, 15) is 14.7 Å². The molecule has 1 N–H and O–H groups in total. The number of aromatic hydroxyl groups is 1. The molecule has 0 atom stereocenters. The van der Waals surface area contributed by atoms with Crippen LogP contribution < -0.4 is 9.47 Å². The predicted octanol–water partition coefficient (Wildman–Crippen LogP) is 2.34. The van der Waals surface area contributed by atoms with Crippen molar-refractivity contribution in [3.63, 3.8) is 0 Å². The molecule has 0 fully saturated rings. The van der Waals surface area contributed by atoms with E-state index >= 15 is 0 Å². The first-order valence-electron chi connectivity index (χ1n) is 6.79. The Morgan fingerprint density at radius 3 is 2.48 bits per heavy atom. The third-order valence-electron chi connectivity index (χ3n) is 3.15. The highest BCUT2D eigenvalue weighted by atomic mass is 16.5. The van der Waals surface area contributed by atoms with Crippen LogP contribution >= 0.6 is 0 Å². The van der Waals surface area contributed by atoms with Gasteiger partial charge in [-0.25, -0.2) is 4.79 Å². The standard InChI is InChI=1S/C17H16O6/c1-21-15-9-12(7-8-13(15)18)17(20)23-14-6-4-3-5-11(14)10-16(19)22-2/h3-9,18H,10H2,1-2H3. The van der Waals surface area contributed by atoms with Gasteiger partial charge in [-0.1, -0.05) is 18.2 Å². The van der Waals surface area contributed by atoms with Gasteiger partial charge in [0.05, 0.1) is 26.2 Å². The van der Waals surface area contributed by atoms with Crippen LogP contribution in [0.3, 0.4) is 0 Å². The summed E-state index contributed by atoms with van der Waals surface area (Å²) in [5.74, 6) is -0.687. The number of rotatable bonds is 5. The molecule has 23 heavy (non-hydrogen) atoms. The predicted molar refractivity (Wildman–Crippen MR) is 81.8 cm³/mol. The minimum Gasteiger partial charge on any atom is -0.504 e. The average molecular weight is 316 g/mol. The smallest absolute Gasteiger partial charge is 0.343 e. The molecule has 0 aliphatic heterocycles. The fourth-order valence-electron chi connectivity index (χ4n) is 1.94. The quantitative estimate of drug-likeness (QED) is 0.673. The lowest BCUT2D eigenvalue weighted by Gasteiger charge is -2.10. The van der Waals surface area contributed by atoms with Gasteiger partial charge in [-0.05, 0) is 24.3 Å². The second-order valence-corrected chi connectivity index (χ2v) is 4.64. The van der Waals surface area contributed by atoms with Crippen LogP contribution in [0.25, 0.3) is 0 Å². The number of phenolic OH excluding ortho intramolecular Hbond substituents is 1. The van der Waals surface area contributed by atoms with E-state index in [1.165, 1.54) is 32.4 Å². The molecular weight excluding hydrogens is 300 g/mol. The lowest BCUT2D eigenvalue weighted by Crippen LogP contribution is -2.12. The van der Waals surface area contributed by atoms with Gasteiger partial charge in [-0.15, -0.1) is 0 Å². The maximum absolute atomic E-state index is 12.2. The number of hydrogen-bond acceptors (Lipinski definition) is 6. The summed E-state index contributed by atoms with van der Waals surface area (Å²) in [5, 5.41) is 9.55. The summed E-state index contributed by atoms with van der Waals surface area (Å²) in [4.78, 5) is 23.6. The molecule has 6 nitrogen and oxygen atoms in total. The van der Waals surface area contributed by atoms with Crippen LogP contribution in [0.5, 0.6) is 17.2 Å². The summed E-state index contributed by atoms with van der Waals surface area (Å²) in [5.41, 5.74) is 0.756. The van der Waals surface area contributed by atoms with Crippen LogP contribution in [-0.4, -0.2) is 31.3 Å². The van der Waals surface area contributed by atoms with Gasteiger partial charge in [0, 0.05) is 5.56 Å². The lowest BCUT2D eigenvalue weighted by atomic mass is 10.1. The topological polar surface area (TPSA) is 82.1 Å². The maximum Gasteiger partial charge on any atom is 0.343 e. The Hall–Kier alpha value is -3.02. The molecule has 0 unspecified atom stereocenters. The highest BCUT2D eigenvalue weighted by Crippen LogP contribution is 2.27. The van der Waals surface area contributed by atoms with Crippen LogP contribution in [0.2, 0.25) is 0 Å². The van der Waals surface area contributed by atoms with E-state index in [2.05, 4.69) is 4.74 Å². The molecule has 0 bridgehead atoms. The van der Waals surface area contributed by atoms with Gasteiger partial charge < -0.3 is 19.3 Å². The fraction of sp³-hybridized carbons (Fsp3) is 0.176. The van der Waals surface area contributed by atoms with Crippen molar-refractivity contribution in [2.24, 2.45) is 0 Å². The molecular formula is C17H16O6. The van der Waals surface area contributed by atoms with E-state index in [1.54, 1.807) is 24.3 Å². The molecule has 0 saturated heterocycles. The van der Waals surface area contributed by atoms with Crippen molar-refractivity contribution < 1.29 is 28.9 Å². The molecule has 120 valence electrons. The Labute approximate surface area is 133 Å². The molecule has 0 amide bonds. The molecule has 0 aromatic heterocycles. The Bertz CT molecular complexity index is 723. The highest BCUT2D eigenvalue weighted by Gasteiger charge is 2.15. The van der Waals surface area contributed by atoms with E-state index in [0.29, 0.717) is 5.56 Å². The van der Waals surface area contributed by atoms with E-state index in [0.717, 1.165) is 0 Å². The van der Waals surface area contributed by atoms with Crippen molar-refractivity contribution in [1.29, 1.82) is 0 Å². The third-order valence-corrected chi connectivity index (χ3v) is 3.15. The summed E-state index contributed by atoms with van der Waals surface area (Å²) in [7, 11) is 2.68. The molecule has 0 spiro atoms. The summed E-state index contributed by atoms with van der Waals surface area (Å²) in [6, 6.07) is 10.8. The van der Waals surface area contributed by atoms with Gasteiger partial charge in [-0.2, -0.15) is 0 Å². The monoisotopic (exact) mass is 316 g/mol. The summed E-state index contributed by atoms with van der Waals surface area (Å²) in [6.45, 7) is 0. The minimum absolute atomic E-state index is 0.00114. The summed E-state index contributed by atoms with van der Waals surface area (Å²) < 4.78 is 14.9. The first-order chi connectivity index (χ1) is 11.0. The van der Waals surface area contributed by atoms with E-state index in [-0.39, 0.29) is 29.2 Å². The average Bonchev–Trinajstić information content (AvgIpc) is 2.56. The van der Waals surface area contributed by atoms with Crippen molar-refractivity contribution >= 4 is 11.9 Å². The zero-order chi connectivity index (χ0) is 16.8. The fourth-order valence-corrected chi connectivity index (χ4v) is 1.94. The SMILES string of the molecule is COC(=O)Cc1ccccc1OC(=O)c1ccc(O)c(OC)c1. The Morgan fingerprint density at radius 2 is 1.78 bits per heavy atom. The van der Waals surface area contributed by atoms with Crippen LogP contribution in [0.1, 0.15) is 15.9 Å². The number of benzene rings is 2. The minimum atomic E-state index is -0.624. The zero-order valence-corrected chi connectivity index (χ0v) is 12.7. The van der Waals surface area contributed by atoms with Crippen LogP contribution in [0.15, 0.2) is 42.5 Å². The highest BCUT2D eigenvalue weighted by molar-refractivity contribution is 5.92. The first kappa shape index (κ1) is 16.4. The second kappa shape index (κ2) is 7.31. The zero-order valence-electron chi connectivity index (χ0n) is 12.7. The maximum atomic E-state index is 12.2. The van der Waals surface area contributed by atoms with Gasteiger partial charge in [0.2, 0.25) is 0 Å². The lowest BCUT2D eigenvalue weighted by molar-refractivity contribution is -0.139. The first-order valence-corrected chi connectivity index (χ1v) is 6.79. The third kappa shape index (κ3) is 4.00. The van der Waals surface area contributed by atoms with Crippen molar-refractivity contribution in [2.75, 3.05) is 14.2 Å². The van der Waals surface area contributed by atoms with Crippen LogP contribution in [-0.2, 0) is 16.0 Å². The Morgan fingerprint density at radius 1 is 1.04 bits per heavy atom. The number of phenols is 1. The molecule has 0 heterocycles. The van der Waals surface area contributed by atoms with E-state index < -0.39 is 11.9 Å². The molecule has 2 aromatic rings. The largest absolute Gasteiger partial charge is 0.504 e. The normalized spacial score (nSPS) is 10.0. The van der Waals surface area contributed by atoms with Crippen molar-refractivity contribution in [3.8, 4) is 17.2 Å². The van der Waals surface area contributed by atoms with Crippen molar-refractivity contribution in [2.45, 2.75) is 6.42 Å². The van der Waals surface area contributed by atoms with Crippen LogP contribution in [0, 0.1) is 0 Å².